The number of rotatable bonds is 0. The van der Waals surface area contributed by atoms with Crippen LogP contribution in [0, 0.1) is 11.8 Å². The van der Waals surface area contributed by atoms with Crippen molar-refractivity contribution in [3.8, 4) is 11.8 Å². The minimum atomic E-state index is 0.437. The zero-order valence-corrected chi connectivity index (χ0v) is 9.87. The molecule has 1 aromatic heterocycles. The van der Waals surface area contributed by atoms with Crippen LogP contribution < -0.4 is 0 Å². The maximum atomic E-state index is 5.78. The maximum Gasteiger partial charge on any atom is 0.144 e. The molecule has 0 saturated carbocycles. The summed E-state index contributed by atoms with van der Waals surface area (Å²) in [5, 5.41) is 1.07. The van der Waals surface area contributed by atoms with E-state index in [0.29, 0.717) is 10.5 Å². The third-order valence-electron chi connectivity index (χ3n) is 1.10. The molecule has 0 radical (unpaired) electrons. The van der Waals surface area contributed by atoms with Crippen LogP contribution in [0.1, 0.15) is 5.56 Å². The number of hydrogen-bond donors (Lipinski definition) is 0. The van der Waals surface area contributed by atoms with E-state index in [4.69, 9.17) is 11.6 Å². The van der Waals surface area contributed by atoms with Gasteiger partial charge in [0.15, 0.2) is 0 Å². The topological polar surface area (TPSA) is 12.9 Å². The second-order valence-electron chi connectivity index (χ2n) is 1.93. The third kappa shape index (κ3) is 2.78. The number of hydrogen-bond acceptors (Lipinski definition) is 1. The van der Waals surface area contributed by atoms with E-state index in [0.717, 1.165) is 10.0 Å². The van der Waals surface area contributed by atoms with Crippen LogP contribution in [0.4, 0.5) is 0 Å². The SMILES string of the molecule is Clc1ncc(Br)cc1C#CCBr. The quantitative estimate of drug-likeness (QED) is 0.407. The first-order chi connectivity index (χ1) is 5.74. The van der Waals surface area contributed by atoms with Crippen molar-refractivity contribution >= 4 is 43.5 Å². The fourth-order valence-corrected chi connectivity index (χ4v) is 1.26. The van der Waals surface area contributed by atoms with Crippen molar-refractivity contribution in [1.29, 1.82) is 0 Å². The Morgan fingerprint density at radius 2 is 2.33 bits per heavy atom. The van der Waals surface area contributed by atoms with Crippen LogP contribution in [0.15, 0.2) is 16.7 Å². The van der Waals surface area contributed by atoms with Gasteiger partial charge < -0.3 is 0 Å². The highest BCUT2D eigenvalue weighted by Crippen LogP contribution is 2.16. The van der Waals surface area contributed by atoms with Crippen LogP contribution in [0.25, 0.3) is 0 Å². The predicted octanol–water partition coefficient (Wildman–Crippen LogP) is 3.24. The van der Waals surface area contributed by atoms with Gasteiger partial charge in [0, 0.05) is 10.7 Å². The first-order valence-corrected chi connectivity index (χ1v) is 5.39. The number of pyridine rings is 1. The zero-order chi connectivity index (χ0) is 8.97. The van der Waals surface area contributed by atoms with Gasteiger partial charge in [-0.25, -0.2) is 4.98 Å². The van der Waals surface area contributed by atoms with Gasteiger partial charge in [-0.2, -0.15) is 0 Å². The van der Waals surface area contributed by atoms with Crippen molar-refractivity contribution in [3.63, 3.8) is 0 Å². The van der Waals surface area contributed by atoms with E-state index in [1.165, 1.54) is 0 Å². The molecular formula is C8H4Br2ClN. The molecular weight excluding hydrogens is 305 g/mol. The maximum absolute atomic E-state index is 5.78. The Balaban J connectivity index is 3.05. The van der Waals surface area contributed by atoms with E-state index < -0.39 is 0 Å². The highest BCUT2D eigenvalue weighted by molar-refractivity contribution is 9.10. The van der Waals surface area contributed by atoms with Gasteiger partial charge in [0.25, 0.3) is 0 Å². The Bertz CT molecular complexity index is 341. The predicted molar refractivity (Wildman–Crippen MR) is 57.6 cm³/mol. The van der Waals surface area contributed by atoms with Gasteiger partial charge in [0.1, 0.15) is 5.15 Å². The normalized spacial score (nSPS) is 8.92. The zero-order valence-electron chi connectivity index (χ0n) is 5.94. The molecule has 0 fully saturated rings. The Kier molecular flexibility index (Phi) is 4.07. The molecule has 0 aromatic carbocycles. The van der Waals surface area contributed by atoms with E-state index in [9.17, 15) is 0 Å². The van der Waals surface area contributed by atoms with Gasteiger partial charge in [0.05, 0.1) is 10.9 Å². The Morgan fingerprint density at radius 1 is 1.58 bits per heavy atom. The lowest BCUT2D eigenvalue weighted by atomic mass is 10.3. The lowest BCUT2D eigenvalue weighted by Crippen LogP contribution is -1.82. The average molecular weight is 309 g/mol. The van der Waals surface area contributed by atoms with E-state index in [1.807, 2.05) is 6.07 Å². The molecule has 0 saturated heterocycles. The van der Waals surface area contributed by atoms with Crippen molar-refractivity contribution in [2.24, 2.45) is 0 Å². The van der Waals surface area contributed by atoms with Crippen molar-refractivity contribution in [1.82, 2.24) is 4.98 Å². The van der Waals surface area contributed by atoms with Crippen molar-refractivity contribution in [3.05, 3.63) is 27.5 Å². The number of alkyl halides is 1. The molecule has 0 bridgehead atoms. The lowest BCUT2D eigenvalue weighted by Gasteiger charge is -1.94. The molecule has 0 atom stereocenters. The summed E-state index contributed by atoms with van der Waals surface area (Å²) in [4.78, 5) is 3.93. The first kappa shape index (κ1) is 10.0. The molecule has 0 N–H and O–H groups in total. The Hall–Kier alpha value is -0.0400. The van der Waals surface area contributed by atoms with E-state index >= 15 is 0 Å². The van der Waals surface area contributed by atoms with Crippen LogP contribution >= 0.6 is 43.5 Å². The molecule has 0 aliphatic heterocycles. The van der Waals surface area contributed by atoms with Crippen LogP contribution in [0.5, 0.6) is 0 Å². The van der Waals surface area contributed by atoms with Crippen LogP contribution in [0.2, 0.25) is 5.15 Å². The average Bonchev–Trinajstić information content (AvgIpc) is 2.07. The largest absolute Gasteiger partial charge is 0.242 e. The number of nitrogens with zero attached hydrogens (tertiary/aromatic N) is 1. The van der Waals surface area contributed by atoms with Crippen molar-refractivity contribution in [2.75, 3.05) is 5.33 Å². The van der Waals surface area contributed by atoms with Crippen molar-refractivity contribution in [2.45, 2.75) is 0 Å². The molecule has 1 nitrogen and oxygen atoms in total. The van der Waals surface area contributed by atoms with Crippen LogP contribution in [0.3, 0.4) is 0 Å². The molecule has 12 heavy (non-hydrogen) atoms. The summed E-state index contributed by atoms with van der Waals surface area (Å²) in [5.41, 5.74) is 0.741. The Labute approximate surface area is 92.8 Å². The molecule has 4 heteroatoms. The highest BCUT2D eigenvalue weighted by atomic mass is 79.9. The molecule has 0 aliphatic rings. The van der Waals surface area contributed by atoms with Gasteiger partial charge in [-0.1, -0.05) is 39.4 Å². The van der Waals surface area contributed by atoms with Gasteiger partial charge in [-0.05, 0) is 22.0 Å². The minimum absolute atomic E-state index is 0.437. The first-order valence-electron chi connectivity index (χ1n) is 3.10. The van der Waals surface area contributed by atoms with E-state index in [-0.39, 0.29) is 0 Å². The second-order valence-corrected chi connectivity index (χ2v) is 3.76. The standard InChI is InChI=1S/C8H4Br2ClN/c9-3-1-2-6-4-7(10)5-12-8(6)11/h4-5H,3H2. The molecule has 0 unspecified atom stereocenters. The molecule has 0 amide bonds. The summed E-state index contributed by atoms with van der Waals surface area (Å²) in [6.07, 6.45) is 1.64. The van der Waals surface area contributed by atoms with Gasteiger partial charge in [-0.15, -0.1) is 0 Å². The highest BCUT2D eigenvalue weighted by Gasteiger charge is 1.97. The fraction of sp³-hybridized carbons (Fsp3) is 0.125. The third-order valence-corrected chi connectivity index (χ3v) is 2.11. The van der Waals surface area contributed by atoms with Gasteiger partial charge in [-0.3, -0.25) is 0 Å². The summed E-state index contributed by atoms with van der Waals surface area (Å²) in [6, 6.07) is 1.84. The monoisotopic (exact) mass is 307 g/mol. The summed E-state index contributed by atoms with van der Waals surface area (Å²) in [5.74, 6) is 5.74. The number of halogens is 3. The van der Waals surface area contributed by atoms with E-state index in [2.05, 4.69) is 48.7 Å². The lowest BCUT2D eigenvalue weighted by molar-refractivity contribution is 1.29. The summed E-state index contributed by atoms with van der Waals surface area (Å²) < 4.78 is 0.880. The summed E-state index contributed by atoms with van der Waals surface area (Å²) in [7, 11) is 0. The second kappa shape index (κ2) is 4.86. The fourth-order valence-electron chi connectivity index (χ4n) is 0.639. The smallest absolute Gasteiger partial charge is 0.144 e. The van der Waals surface area contributed by atoms with Crippen LogP contribution in [-0.2, 0) is 0 Å². The van der Waals surface area contributed by atoms with Crippen molar-refractivity contribution < 1.29 is 0 Å². The van der Waals surface area contributed by atoms with Gasteiger partial charge >= 0.3 is 0 Å². The molecule has 0 aliphatic carbocycles. The number of aromatic nitrogens is 1. The molecule has 0 spiro atoms. The van der Waals surface area contributed by atoms with E-state index in [1.54, 1.807) is 6.20 Å². The molecule has 62 valence electrons. The molecule has 1 rings (SSSR count). The summed E-state index contributed by atoms with van der Waals surface area (Å²) >= 11 is 12.3. The summed E-state index contributed by atoms with van der Waals surface area (Å²) in [6.45, 7) is 0. The Morgan fingerprint density at radius 3 is 3.00 bits per heavy atom. The van der Waals surface area contributed by atoms with Gasteiger partial charge in [0.2, 0.25) is 0 Å². The molecule has 1 heterocycles. The minimum Gasteiger partial charge on any atom is -0.242 e. The molecule has 1 aromatic rings. The van der Waals surface area contributed by atoms with Crippen LogP contribution in [-0.4, -0.2) is 10.3 Å².